The van der Waals surface area contributed by atoms with Crippen LogP contribution in [0.4, 0.5) is 11.4 Å². The van der Waals surface area contributed by atoms with Crippen molar-refractivity contribution < 1.29 is 9.59 Å². The van der Waals surface area contributed by atoms with E-state index < -0.39 is 0 Å². The van der Waals surface area contributed by atoms with Crippen LogP contribution in [0.5, 0.6) is 0 Å². The Balaban J connectivity index is 1.44. The van der Waals surface area contributed by atoms with Gasteiger partial charge in [-0.25, -0.2) is 4.31 Å². The summed E-state index contributed by atoms with van der Waals surface area (Å²) in [5.74, 6) is 0.362. The number of rotatable bonds is 5. The molecule has 4 rings (SSSR count). The third kappa shape index (κ3) is 4.85. The summed E-state index contributed by atoms with van der Waals surface area (Å²) in [6.07, 6.45) is 3.85. The minimum atomic E-state index is -0.166. The number of hydrogen-bond acceptors (Lipinski definition) is 5. The SMILES string of the molecule is CC(C)N1C(=O)CSc2ccc(C(=O)Nc3ccc(SN4CCCCC4)cc3)cc21. The summed E-state index contributed by atoms with van der Waals surface area (Å²) in [6.45, 7) is 6.26. The molecule has 158 valence electrons. The topological polar surface area (TPSA) is 52.7 Å². The zero-order chi connectivity index (χ0) is 21.1. The van der Waals surface area contributed by atoms with Gasteiger partial charge in [-0.1, -0.05) is 6.42 Å². The molecular weight excluding hydrogens is 414 g/mol. The van der Waals surface area contributed by atoms with Gasteiger partial charge in [0.1, 0.15) is 0 Å². The van der Waals surface area contributed by atoms with Gasteiger partial charge < -0.3 is 10.2 Å². The van der Waals surface area contributed by atoms with Gasteiger partial charge in [-0.05, 0) is 81.1 Å². The summed E-state index contributed by atoms with van der Waals surface area (Å²) in [5.41, 5.74) is 2.15. The van der Waals surface area contributed by atoms with Crippen molar-refractivity contribution in [1.29, 1.82) is 0 Å². The smallest absolute Gasteiger partial charge is 0.255 e. The lowest BCUT2D eigenvalue weighted by atomic mass is 10.1. The van der Waals surface area contributed by atoms with Gasteiger partial charge >= 0.3 is 0 Å². The van der Waals surface area contributed by atoms with Crippen molar-refractivity contribution in [2.75, 3.05) is 29.1 Å². The fraction of sp³-hybridized carbons (Fsp3) is 0.391. The molecule has 0 aromatic heterocycles. The van der Waals surface area contributed by atoms with E-state index >= 15 is 0 Å². The number of piperidine rings is 1. The molecule has 0 unspecified atom stereocenters. The van der Waals surface area contributed by atoms with Crippen LogP contribution in [-0.4, -0.2) is 41.0 Å². The molecule has 0 bridgehead atoms. The molecule has 1 N–H and O–H groups in total. The molecule has 2 aliphatic rings. The highest BCUT2D eigenvalue weighted by Gasteiger charge is 2.27. The molecule has 0 radical (unpaired) electrons. The third-order valence-electron chi connectivity index (χ3n) is 5.28. The molecule has 2 aliphatic heterocycles. The Morgan fingerprint density at radius 2 is 1.80 bits per heavy atom. The van der Waals surface area contributed by atoms with Gasteiger partial charge in [0, 0.05) is 40.2 Å². The van der Waals surface area contributed by atoms with Crippen molar-refractivity contribution in [3.63, 3.8) is 0 Å². The number of anilines is 2. The summed E-state index contributed by atoms with van der Waals surface area (Å²) in [4.78, 5) is 29.2. The maximum absolute atomic E-state index is 12.8. The molecule has 2 aromatic rings. The number of thioether (sulfide) groups is 1. The molecule has 5 nitrogen and oxygen atoms in total. The largest absolute Gasteiger partial charge is 0.322 e. The number of nitrogens with zero attached hydrogens (tertiary/aromatic N) is 2. The number of hydrogen-bond donors (Lipinski definition) is 1. The lowest BCUT2D eigenvalue weighted by Crippen LogP contribution is -2.40. The summed E-state index contributed by atoms with van der Waals surface area (Å²) in [5, 5.41) is 2.98. The molecule has 0 saturated carbocycles. The average Bonchev–Trinajstić information content (AvgIpc) is 2.75. The van der Waals surface area contributed by atoms with Crippen molar-refractivity contribution in [3.8, 4) is 0 Å². The van der Waals surface area contributed by atoms with E-state index in [-0.39, 0.29) is 17.9 Å². The molecule has 0 spiro atoms. The van der Waals surface area contributed by atoms with Crippen LogP contribution in [0.1, 0.15) is 43.5 Å². The van der Waals surface area contributed by atoms with E-state index in [0.717, 1.165) is 29.4 Å². The Bertz CT molecular complexity index is 925. The second-order valence-electron chi connectivity index (χ2n) is 7.89. The molecule has 7 heteroatoms. The van der Waals surface area contributed by atoms with Crippen LogP contribution in [0.2, 0.25) is 0 Å². The molecule has 2 amide bonds. The van der Waals surface area contributed by atoms with Crippen LogP contribution in [0.15, 0.2) is 52.3 Å². The zero-order valence-electron chi connectivity index (χ0n) is 17.4. The van der Waals surface area contributed by atoms with E-state index in [2.05, 4.69) is 21.8 Å². The van der Waals surface area contributed by atoms with Crippen molar-refractivity contribution in [2.24, 2.45) is 0 Å². The summed E-state index contributed by atoms with van der Waals surface area (Å²) in [6, 6.07) is 13.7. The lowest BCUT2D eigenvalue weighted by Gasteiger charge is -2.32. The molecule has 0 aliphatic carbocycles. The van der Waals surface area contributed by atoms with E-state index in [4.69, 9.17) is 0 Å². The molecule has 1 saturated heterocycles. The minimum Gasteiger partial charge on any atom is -0.322 e. The van der Waals surface area contributed by atoms with Gasteiger partial charge in [0.05, 0.1) is 11.4 Å². The van der Waals surface area contributed by atoms with Gasteiger partial charge in [0.25, 0.3) is 5.91 Å². The first-order valence-corrected chi connectivity index (χ1v) is 12.2. The van der Waals surface area contributed by atoms with Crippen LogP contribution in [0.3, 0.4) is 0 Å². The number of fused-ring (bicyclic) bond motifs is 1. The first-order chi connectivity index (χ1) is 14.5. The third-order valence-corrected chi connectivity index (χ3v) is 7.43. The molecule has 1 fully saturated rings. The Morgan fingerprint density at radius 1 is 1.07 bits per heavy atom. The van der Waals surface area contributed by atoms with Gasteiger partial charge in [-0.3, -0.25) is 9.59 Å². The molecule has 2 heterocycles. The van der Waals surface area contributed by atoms with Crippen molar-refractivity contribution >= 4 is 46.9 Å². The average molecular weight is 442 g/mol. The summed E-state index contributed by atoms with van der Waals surface area (Å²) < 4.78 is 2.41. The Labute approximate surface area is 186 Å². The first-order valence-electron chi connectivity index (χ1n) is 10.4. The lowest BCUT2D eigenvalue weighted by molar-refractivity contribution is -0.116. The quantitative estimate of drug-likeness (QED) is 0.640. The standard InChI is InChI=1S/C23H27N3O2S2/c1-16(2)26-20-14-17(6-11-21(20)29-15-22(26)27)23(28)24-18-7-9-19(10-8-18)30-25-12-4-3-5-13-25/h6-11,14,16H,3-5,12-13,15H2,1-2H3,(H,24,28). The second kappa shape index (κ2) is 9.45. The van der Waals surface area contributed by atoms with Crippen LogP contribution >= 0.6 is 23.7 Å². The fourth-order valence-electron chi connectivity index (χ4n) is 3.79. The fourth-order valence-corrected chi connectivity index (χ4v) is 5.67. The predicted molar refractivity (Wildman–Crippen MR) is 125 cm³/mol. The number of benzene rings is 2. The minimum absolute atomic E-state index is 0.0559. The number of carbonyl (C=O) groups excluding carboxylic acids is 2. The van der Waals surface area contributed by atoms with Crippen LogP contribution in [0, 0.1) is 0 Å². The van der Waals surface area contributed by atoms with E-state index in [1.807, 2.05) is 44.2 Å². The highest BCUT2D eigenvalue weighted by molar-refractivity contribution is 8.00. The van der Waals surface area contributed by atoms with E-state index in [1.165, 1.54) is 35.9 Å². The van der Waals surface area contributed by atoms with Gasteiger partial charge in [0.15, 0.2) is 0 Å². The highest BCUT2D eigenvalue weighted by atomic mass is 32.2. The molecule has 30 heavy (non-hydrogen) atoms. The van der Waals surface area contributed by atoms with E-state index in [9.17, 15) is 9.59 Å². The van der Waals surface area contributed by atoms with Gasteiger partial charge in [-0.2, -0.15) is 0 Å². The van der Waals surface area contributed by atoms with E-state index in [0.29, 0.717) is 11.3 Å². The number of carbonyl (C=O) groups is 2. The number of amides is 2. The second-order valence-corrected chi connectivity index (χ2v) is 10.1. The van der Waals surface area contributed by atoms with Gasteiger partial charge in [-0.15, -0.1) is 11.8 Å². The molecular formula is C23H27N3O2S2. The van der Waals surface area contributed by atoms with Gasteiger partial charge in [0.2, 0.25) is 5.91 Å². The first kappa shape index (κ1) is 21.3. The Hall–Kier alpha value is -1.96. The summed E-state index contributed by atoms with van der Waals surface area (Å²) in [7, 11) is 0. The Morgan fingerprint density at radius 3 is 2.50 bits per heavy atom. The van der Waals surface area contributed by atoms with Crippen molar-refractivity contribution in [3.05, 3.63) is 48.0 Å². The predicted octanol–water partition coefficient (Wildman–Crippen LogP) is 5.28. The van der Waals surface area contributed by atoms with Crippen LogP contribution in [0.25, 0.3) is 0 Å². The zero-order valence-corrected chi connectivity index (χ0v) is 19.0. The maximum atomic E-state index is 12.8. The van der Waals surface area contributed by atoms with Crippen LogP contribution in [-0.2, 0) is 4.79 Å². The van der Waals surface area contributed by atoms with Crippen LogP contribution < -0.4 is 10.2 Å². The maximum Gasteiger partial charge on any atom is 0.255 e. The monoisotopic (exact) mass is 441 g/mol. The highest BCUT2D eigenvalue weighted by Crippen LogP contribution is 2.37. The van der Waals surface area contributed by atoms with Crippen molar-refractivity contribution in [2.45, 2.75) is 48.9 Å². The molecule has 0 atom stereocenters. The normalized spacial score (nSPS) is 17.2. The summed E-state index contributed by atoms with van der Waals surface area (Å²) >= 11 is 3.32. The van der Waals surface area contributed by atoms with E-state index in [1.54, 1.807) is 16.8 Å². The molecule has 2 aromatic carbocycles. The van der Waals surface area contributed by atoms with Crippen molar-refractivity contribution in [1.82, 2.24) is 4.31 Å². The Kier molecular flexibility index (Phi) is 6.71. The number of nitrogens with one attached hydrogen (secondary N) is 1.